The summed E-state index contributed by atoms with van der Waals surface area (Å²) in [5.41, 5.74) is -1.63. The van der Waals surface area contributed by atoms with Gasteiger partial charge in [-0.25, -0.2) is 4.79 Å². The molecule has 0 amide bonds. The molecule has 0 spiro atoms. The van der Waals surface area contributed by atoms with Crippen molar-refractivity contribution >= 4 is 11.0 Å². The van der Waals surface area contributed by atoms with Gasteiger partial charge in [0.15, 0.2) is 6.29 Å². The number of ether oxygens (including phenoxy) is 3. The van der Waals surface area contributed by atoms with E-state index < -0.39 is 35.8 Å². The van der Waals surface area contributed by atoms with Crippen LogP contribution in [0.15, 0.2) is 33.5 Å². The van der Waals surface area contributed by atoms with E-state index in [9.17, 15) is 20.1 Å². The van der Waals surface area contributed by atoms with Crippen molar-refractivity contribution < 1.29 is 33.9 Å². The molecular weight excluding hydrogens is 356 g/mol. The summed E-state index contributed by atoms with van der Waals surface area (Å²) in [6, 6.07) is 6.67. The van der Waals surface area contributed by atoms with Crippen LogP contribution in [0.5, 0.6) is 5.75 Å². The first-order chi connectivity index (χ1) is 12.7. The molecule has 1 saturated heterocycles. The molecule has 0 saturated carbocycles. The van der Waals surface area contributed by atoms with Crippen LogP contribution in [-0.2, 0) is 15.9 Å². The second-order valence-corrected chi connectivity index (χ2v) is 7.67. The second kappa shape index (κ2) is 6.29. The molecule has 4 rings (SSSR count). The van der Waals surface area contributed by atoms with Gasteiger partial charge in [-0.05, 0) is 31.5 Å². The molecule has 1 fully saturated rings. The van der Waals surface area contributed by atoms with Gasteiger partial charge in [0.2, 0.25) is 0 Å². The zero-order chi connectivity index (χ0) is 19.4. The van der Waals surface area contributed by atoms with Gasteiger partial charge < -0.3 is 33.9 Å². The van der Waals surface area contributed by atoms with E-state index >= 15 is 0 Å². The molecule has 2 aliphatic heterocycles. The van der Waals surface area contributed by atoms with Gasteiger partial charge in [0.1, 0.15) is 34.7 Å². The summed E-state index contributed by atoms with van der Waals surface area (Å²) >= 11 is 0. The predicted molar refractivity (Wildman–Crippen MR) is 93.6 cm³/mol. The molecule has 8 nitrogen and oxygen atoms in total. The van der Waals surface area contributed by atoms with Crippen LogP contribution in [0, 0.1) is 0 Å². The van der Waals surface area contributed by atoms with Gasteiger partial charge in [0.05, 0.1) is 13.2 Å². The van der Waals surface area contributed by atoms with Crippen LogP contribution in [0.2, 0.25) is 0 Å². The SMILES string of the molecule is CC(C)(O[C@@H]1OC[C@](O)(CO)[C@H]1O)[C@@H]1Cc2cc3ccc(=O)oc3cc2O1. The van der Waals surface area contributed by atoms with E-state index in [1.54, 1.807) is 26.0 Å². The van der Waals surface area contributed by atoms with Gasteiger partial charge in [0, 0.05) is 23.9 Å². The summed E-state index contributed by atoms with van der Waals surface area (Å²) in [5.74, 6) is 0.610. The van der Waals surface area contributed by atoms with E-state index in [1.165, 1.54) is 6.07 Å². The van der Waals surface area contributed by atoms with Crippen LogP contribution in [0.25, 0.3) is 11.0 Å². The van der Waals surface area contributed by atoms with Crippen LogP contribution in [0.3, 0.4) is 0 Å². The summed E-state index contributed by atoms with van der Waals surface area (Å²) in [6.45, 7) is 2.75. The third-order valence-corrected chi connectivity index (χ3v) is 5.25. The number of aliphatic hydroxyl groups excluding tert-OH is 2. The normalized spacial score (nSPS) is 30.5. The van der Waals surface area contributed by atoms with Crippen molar-refractivity contribution in [2.75, 3.05) is 13.2 Å². The molecule has 3 N–H and O–H groups in total. The van der Waals surface area contributed by atoms with Gasteiger partial charge in [-0.15, -0.1) is 0 Å². The van der Waals surface area contributed by atoms with E-state index in [1.807, 2.05) is 6.07 Å². The maximum atomic E-state index is 11.4. The molecule has 27 heavy (non-hydrogen) atoms. The Balaban J connectivity index is 1.53. The van der Waals surface area contributed by atoms with Crippen LogP contribution in [-0.4, -0.2) is 58.2 Å². The maximum absolute atomic E-state index is 11.4. The first-order valence-corrected chi connectivity index (χ1v) is 8.76. The lowest BCUT2D eigenvalue weighted by Crippen LogP contribution is -2.51. The van der Waals surface area contributed by atoms with Gasteiger partial charge in [-0.1, -0.05) is 0 Å². The average molecular weight is 378 g/mol. The van der Waals surface area contributed by atoms with E-state index in [4.69, 9.17) is 18.6 Å². The highest BCUT2D eigenvalue weighted by atomic mass is 16.7. The van der Waals surface area contributed by atoms with Crippen LogP contribution >= 0.6 is 0 Å². The van der Waals surface area contributed by atoms with Gasteiger partial charge in [-0.2, -0.15) is 0 Å². The molecule has 3 heterocycles. The van der Waals surface area contributed by atoms with Gasteiger partial charge in [0.25, 0.3) is 0 Å². The van der Waals surface area contributed by atoms with Crippen molar-refractivity contribution in [2.24, 2.45) is 0 Å². The smallest absolute Gasteiger partial charge is 0.336 e. The number of aliphatic hydroxyl groups is 3. The highest BCUT2D eigenvalue weighted by Gasteiger charge is 2.51. The average Bonchev–Trinajstić information content (AvgIpc) is 3.16. The van der Waals surface area contributed by atoms with Crippen molar-refractivity contribution in [1.29, 1.82) is 0 Å². The fourth-order valence-corrected chi connectivity index (χ4v) is 3.46. The highest BCUT2D eigenvalue weighted by Crippen LogP contribution is 2.38. The molecular formula is C19H22O8. The van der Waals surface area contributed by atoms with Crippen molar-refractivity contribution in [1.82, 2.24) is 0 Å². The molecule has 2 aliphatic rings. The Kier molecular flexibility index (Phi) is 4.28. The van der Waals surface area contributed by atoms with Crippen LogP contribution in [0.1, 0.15) is 19.4 Å². The number of fused-ring (bicyclic) bond motifs is 2. The molecule has 0 unspecified atom stereocenters. The molecule has 8 heteroatoms. The third-order valence-electron chi connectivity index (χ3n) is 5.25. The quantitative estimate of drug-likeness (QED) is 0.652. The molecule has 0 bridgehead atoms. The maximum Gasteiger partial charge on any atom is 0.336 e. The van der Waals surface area contributed by atoms with Crippen molar-refractivity contribution in [2.45, 2.75) is 50.0 Å². The Morgan fingerprint density at radius 3 is 2.81 bits per heavy atom. The summed E-state index contributed by atoms with van der Waals surface area (Å²) in [7, 11) is 0. The number of benzene rings is 1. The Hall–Kier alpha value is -1.97. The van der Waals surface area contributed by atoms with Crippen molar-refractivity contribution in [3.05, 3.63) is 40.2 Å². The van der Waals surface area contributed by atoms with Crippen molar-refractivity contribution in [3.8, 4) is 5.75 Å². The standard InChI is InChI=1S/C19H22O8/c1-18(2,27-17-16(22)19(23,8-20)9-24-17)14-6-11-5-10-3-4-15(21)26-12(10)7-13(11)25-14/h3-5,7,14,16-17,20,22-23H,6,8-9H2,1-2H3/t14-,16-,17-,19+/m0/s1. The zero-order valence-corrected chi connectivity index (χ0v) is 15.0. The minimum atomic E-state index is -1.74. The molecule has 4 atom stereocenters. The molecule has 0 radical (unpaired) electrons. The number of hydrogen-bond acceptors (Lipinski definition) is 8. The Bertz CT molecular complexity index is 920. The van der Waals surface area contributed by atoms with Crippen LogP contribution in [0.4, 0.5) is 0 Å². The van der Waals surface area contributed by atoms with Crippen LogP contribution < -0.4 is 10.4 Å². The first-order valence-electron chi connectivity index (χ1n) is 8.76. The van der Waals surface area contributed by atoms with E-state index in [0.717, 1.165) is 10.9 Å². The zero-order valence-electron chi connectivity index (χ0n) is 15.0. The third kappa shape index (κ3) is 3.13. The monoisotopic (exact) mass is 378 g/mol. The molecule has 1 aromatic heterocycles. The van der Waals surface area contributed by atoms with E-state index in [0.29, 0.717) is 17.8 Å². The van der Waals surface area contributed by atoms with Crippen molar-refractivity contribution in [3.63, 3.8) is 0 Å². The molecule has 1 aromatic carbocycles. The topological polar surface area (TPSA) is 119 Å². The Morgan fingerprint density at radius 2 is 2.11 bits per heavy atom. The fourth-order valence-electron chi connectivity index (χ4n) is 3.46. The van der Waals surface area contributed by atoms with Gasteiger partial charge >= 0.3 is 5.63 Å². The Morgan fingerprint density at radius 1 is 1.33 bits per heavy atom. The first kappa shape index (κ1) is 18.4. The lowest BCUT2D eigenvalue weighted by molar-refractivity contribution is -0.231. The second-order valence-electron chi connectivity index (χ2n) is 7.67. The number of hydrogen-bond donors (Lipinski definition) is 3. The summed E-state index contributed by atoms with van der Waals surface area (Å²) < 4.78 is 22.4. The summed E-state index contributed by atoms with van der Waals surface area (Å²) in [5, 5.41) is 30.4. The Labute approximate surface area is 154 Å². The highest BCUT2D eigenvalue weighted by molar-refractivity contribution is 5.79. The largest absolute Gasteiger partial charge is 0.487 e. The lowest BCUT2D eigenvalue weighted by atomic mass is 9.95. The van der Waals surface area contributed by atoms with E-state index in [2.05, 4.69) is 0 Å². The van der Waals surface area contributed by atoms with Gasteiger partial charge in [-0.3, -0.25) is 0 Å². The number of rotatable bonds is 4. The minimum absolute atomic E-state index is 0.221. The molecule has 146 valence electrons. The summed E-state index contributed by atoms with van der Waals surface area (Å²) in [6.07, 6.45) is -2.27. The van der Waals surface area contributed by atoms with E-state index in [-0.39, 0.29) is 12.7 Å². The summed E-state index contributed by atoms with van der Waals surface area (Å²) in [4.78, 5) is 11.4. The predicted octanol–water partition coefficient (Wildman–Crippen LogP) is 0.332. The lowest BCUT2D eigenvalue weighted by Gasteiger charge is -2.34. The minimum Gasteiger partial charge on any atom is -0.487 e. The molecule has 0 aliphatic carbocycles. The molecule has 2 aromatic rings. The fraction of sp³-hybridized carbons (Fsp3) is 0.526.